The Morgan fingerprint density at radius 3 is 2.60 bits per heavy atom. The van der Waals surface area contributed by atoms with Gasteiger partial charge in [0.05, 0.1) is 15.9 Å². The van der Waals surface area contributed by atoms with Crippen molar-refractivity contribution in [1.82, 2.24) is 14.9 Å². The van der Waals surface area contributed by atoms with Gasteiger partial charge in [0.25, 0.3) is 10.1 Å². The van der Waals surface area contributed by atoms with Crippen molar-refractivity contribution in [3.8, 4) is 0 Å². The van der Waals surface area contributed by atoms with Crippen LogP contribution in [0.5, 0.6) is 0 Å². The van der Waals surface area contributed by atoms with Crippen molar-refractivity contribution in [2.24, 2.45) is 0 Å². The Labute approximate surface area is 115 Å². The summed E-state index contributed by atoms with van der Waals surface area (Å²) in [5.74, 6) is 0. The van der Waals surface area contributed by atoms with Crippen LogP contribution in [-0.2, 0) is 10.1 Å². The van der Waals surface area contributed by atoms with E-state index in [4.69, 9.17) is 4.55 Å². The summed E-state index contributed by atoms with van der Waals surface area (Å²) < 4.78 is 32.9. The lowest BCUT2D eigenvalue weighted by Crippen LogP contribution is -2.33. The van der Waals surface area contributed by atoms with Crippen molar-refractivity contribution in [1.29, 1.82) is 0 Å². The number of aromatic nitrogens is 2. The molecule has 2 aromatic rings. The van der Waals surface area contributed by atoms with Crippen LogP contribution in [0, 0.1) is 0 Å². The van der Waals surface area contributed by atoms with E-state index in [0.29, 0.717) is 11.0 Å². The summed E-state index contributed by atoms with van der Waals surface area (Å²) in [5.41, 5.74) is 0.831. The number of piperidine rings is 1. The van der Waals surface area contributed by atoms with E-state index in [1.807, 2.05) is 0 Å². The molecule has 0 amide bonds. The first-order valence-corrected chi connectivity index (χ1v) is 7.83. The summed E-state index contributed by atoms with van der Waals surface area (Å²) >= 11 is 0. The summed E-state index contributed by atoms with van der Waals surface area (Å²) in [6, 6.07) is 4.25. The molecule has 0 radical (unpaired) electrons. The first kappa shape index (κ1) is 13.3. The Bertz CT molecular complexity index is 800. The number of imidazole rings is 1. The standard InChI is InChI=1S/C12H15N3O4S/c16-12-14-10-7-9(20(17,18)19)1-2-11(10)15(12)8-3-5-13-6-4-8/h1-2,7-8,13H,3-6H2,(H,14,16)(H,17,18,19). The minimum Gasteiger partial charge on any atom is -0.317 e. The van der Waals surface area contributed by atoms with E-state index >= 15 is 0 Å². The van der Waals surface area contributed by atoms with Crippen LogP contribution in [0.3, 0.4) is 0 Å². The maximum atomic E-state index is 12.1. The van der Waals surface area contributed by atoms with Gasteiger partial charge in [0.15, 0.2) is 0 Å². The normalized spacial score (nSPS) is 17.6. The Balaban J connectivity index is 2.14. The van der Waals surface area contributed by atoms with Crippen molar-refractivity contribution in [2.45, 2.75) is 23.8 Å². The number of fused-ring (bicyclic) bond motifs is 1. The molecule has 3 rings (SSSR count). The number of nitrogens with one attached hydrogen (secondary N) is 2. The zero-order valence-electron chi connectivity index (χ0n) is 10.7. The van der Waals surface area contributed by atoms with Gasteiger partial charge in [-0.25, -0.2) is 4.79 Å². The number of rotatable bonds is 2. The molecule has 20 heavy (non-hydrogen) atoms. The van der Waals surface area contributed by atoms with Crippen LogP contribution >= 0.6 is 0 Å². The van der Waals surface area contributed by atoms with Crippen molar-refractivity contribution < 1.29 is 13.0 Å². The van der Waals surface area contributed by atoms with E-state index in [2.05, 4.69) is 10.3 Å². The topological polar surface area (TPSA) is 104 Å². The summed E-state index contributed by atoms with van der Waals surface area (Å²) in [6.45, 7) is 1.71. The average molecular weight is 297 g/mol. The second kappa shape index (κ2) is 4.72. The maximum Gasteiger partial charge on any atom is 0.326 e. The minimum atomic E-state index is -4.26. The summed E-state index contributed by atoms with van der Waals surface area (Å²) in [4.78, 5) is 14.5. The molecule has 8 heteroatoms. The third kappa shape index (κ3) is 2.26. The van der Waals surface area contributed by atoms with Crippen molar-refractivity contribution in [3.05, 3.63) is 28.7 Å². The van der Waals surface area contributed by atoms with Crippen molar-refractivity contribution in [2.75, 3.05) is 13.1 Å². The molecule has 3 N–H and O–H groups in total. The predicted octanol–water partition coefficient (Wildman–Crippen LogP) is 0.501. The van der Waals surface area contributed by atoms with Gasteiger partial charge in [-0.15, -0.1) is 0 Å². The summed E-state index contributed by atoms with van der Waals surface area (Å²) in [5, 5.41) is 3.24. The molecule has 2 heterocycles. The fraction of sp³-hybridized carbons (Fsp3) is 0.417. The van der Waals surface area contributed by atoms with Gasteiger partial charge < -0.3 is 10.3 Å². The largest absolute Gasteiger partial charge is 0.326 e. The number of H-pyrrole nitrogens is 1. The molecule has 1 saturated heterocycles. The number of aromatic amines is 1. The molecule has 1 aliphatic heterocycles. The van der Waals surface area contributed by atoms with Crippen LogP contribution in [0.1, 0.15) is 18.9 Å². The number of nitrogens with zero attached hydrogens (tertiary/aromatic N) is 1. The third-order valence-electron chi connectivity index (χ3n) is 3.66. The smallest absolute Gasteiger partial charge is 0.317 e. The average Bonchev–Trinajstić information content (AvgIpc) is 2.73. The van der Waals surface area contributed by atoms with Gasteiger partial charge in [0.2, 0.25) is 0 Å². The molecule has 7 nitrogen and oxygen atoms in total. The van der Waals surface area contributed by atoms with E-state index in [1.165, 1.54) is 12.1 Å². The quantitative estimate of drug-likeness (QED) is 0.700. The van der Waals surface area contributed by atoms with Crippen molar-refractivity contribution >= 4 is 21.2 Å². The van der Waals surface area contributed by atoms with Gasteiger partial charge >= 0.3 is 5.69 Å². The molecule has 0 atom stereocenters. The predicted molar refractivity (Wildman–Crippen MR) is 73.5 cm³/mol. The molecule has 1 fully saturated rings. The van der Waals surface area contributed by atoms with Crippen molar-refractivity contribution in [3.63, 3.8) is 0 Å². The van der Waals surface area contributed by atoms with E-state index in [9.17, 15) is 13.2 Å². The molecular formula is C12H15N3O4S. The Hall–Kier alpha value is -1.64. The fourth-order valence-electron chi connectivity index (χ4n) is 2.70. The van der Waals surface area contributed by atoms with Gasteiger partial charge in [0.1, 0.15) is 0 Å². The van der Waals surface area contributed by atoms with E-state index in [0.717, 1.165) is 25.9 Å². The molecule has 0 aliphatic carbocycles. The van der Waals surface area contributed by atoms with Gasteiger partial charge in [-0.3, -0.25) is 9.12 Å². The summed E-state index contributed by atoms with van der Waals surface area (Å²) in [6.07, 6.45) is 1.71. The second-order valence-electron chi connectivity index (χ2n) is 4.94. The molecule has 1 aliphatic rings. The molecule has 0 unspecified atom stereocenters. The van der Waals surface area contributed by atoms with Gasteiger partial charge in [0, 0.05) is 6.04 Å². The SMILES string of the molecule is O=c1[nH]c2cc(S(=O)(=O)O)ccc2n1C1CCNCC1. The van der Waals surface area contributed by atoms with Crippen LogP contribution in [0.15, 0.2) is 27.9 Å². The first-order chi connectivity index (χ1) is 9.47. The lowest BCUT2D eigenvalue weighted by atomic mass is 10.1. The van der Waals surface area contributed by atoms with Crippen LogP contribution in [0.2, 0.25) is 0 Å². The van der Waals surface area contributed by atoms with Crippen LogP contribution in [0.25, 0.3) is 11.0 Å². The Kier molecular flexibility index (Phi) is 3.15. The molecule has 1 aromatic heterocycles. The van der Waals surface area contributed by atoms with E-state index < -0.39 is 10.1 Å². The first-order valence-electron chi connectivity index (χ1n) is 6.39. The molecular weight excluding hydrogens is 282 g/mol. The Morgan fingerprint density at radius 1 is 1.25 bits per heavy atom. The van der Waals surface area contributed by atoms with Gasteiger partial charge in [-0.2, -0.15) is 8.42 Å². The van der Waals surface area contributed by atoms with Crippen LogP contribution in [0.4, 0.5) is 0 Å². The zero-order valence-corrected chi connectivity index (χ0v) is 11.5. The highest BCUT2D eigenvalue weighted by Crippen LogP contribution is 2.23. The number of hydrogen-bond acceptors (Lipinski definition) is 4. The third-order valence-corrected chi connectivity index (χ3v) is 4.51. The van der Waals surface area contributed by atoms with E-state index in [-0.39, 0.29) is 16.6 Å². The highest BCUT2D eigenvalue weighted by molar-refractivity contribution is 7.85. The van der Waals surface area contributed by atoms with Gasteiger partial charge in [-0.1, -0.05) is 0 Å². The molecule has 0 spiro atoms. The molecule has 1 aromatic carbocycles. The maximum absolute atomic E-state index is 12.1. The van der Waals surface area contributed by atoms with Gasteiger partial charge in [-0.05, 0) is 44.1 Å². The van der Waals surface area contributed by atoms with E-state index in [1.54, 1.807) is 10.6 Å². The fourth-order valence-corrected chi connectivity index (χ4v) is 3.20. The van der Waals surface area contributed by atoms with Crippen LogP contribution in [-0.4, -0.2) is 35.6 Å². The molecule has 0 saturated carbocycles. The lowest BCUT2D eigenvalue weighted by Gasteiger charge is -2.23. The Morgan fingerprint density at radius 2 is 1.95 bits per heavy atom. The van der Waals surface area contributed by atoms with Crippen LogP contribution < -0.4 is 11.0 Å². The number of hydrogen-bond donors (Lipinski definition) is 3. The lowest BCUT2D eigenvalue weighted by molar-refractivity contribution is 0.368. The minimum absolute atomic E-state index is 0.106. The highest BCUT2D eigenvalue weighted by atomic mass is 32.2. The highest BCUT2D eigenvalue weighted by Gasteiger charge is 2.20. The zero-order chi connectivity index (χ0) is 14.3. The molecule has 0 bridgehead atoms. The number of benzene rings is 1. The second-order valence-corrected chi connectivity index (χ2v) is 6.36. The molecule has 108 valence electrons. The monoisotopic (exact) mass is 297 g/mol. The summed E-state index contributed by atoms with van der Waals surface area (Å²) in [7, 11) is -4.26.